The van der Waals surface area contributed by atoms with Gasteiger partial charge in [-0.15, -0.1) is 0 Å². The van der Waals surface area contributed by atoms with Crippen LogP contribution >= 0.6 is 15.9 Å². The zero-order chi connectivity index (χ0) is 14.3. The molecule has 0 atom stereocenters. The largest absolute Gasteiger partial charge is 0.507 e. The number of hydrogen-bond donors (Lipinski definition) is 1. The SMILES string of the molecule is CCn1c(-c2ccc(Br)c(O)c2)nc2cc(F)ccc21. The van der Waals surface area contributed by atoms with E-state index in [2.05, 4.69) is 20.9 Å². The molecule has 0 spiro atoms. The van der Waals surface area contributed by atoms with Gasteiger partial charge in [-0.05, 0) is 53.2 Å². The summed E-state index contributed by atoms with van der Waals surface area (Å²) in [5.74, 6) is 0.572. The Hall–Kier alpha value is -1.88. The predicted molar refractivity (Wildman–Crippen MR) is 80.2 cm³/mol. The summed E-state index contributed by atoms with van der Waals surface area (Å²) in [6.07, 6.45) is 0. The van der Waals surface area contributed by atoms with E-state index in [1.807, 2.05) is 17.6 Å². The van der Waals surface area contributed by atoms with Crippen molar-refractivity contribution < 1.29 is 9.50 Å². The molecule has 0 saturated heterocycles. The van der Waals surface area contributed by atoms with Crippen molar-refractivity contribution in [2.24, 2.45) is 0 Å². The number of imidazole rings is 1. The number of benzene rings is 2. The predicted octanol–water partition coefficient (Wildman–Crippen LogP) is 4.33. The zero-order valence-corrected chi connectivity index (χ0v) is 12.4. The third-order valence-corrected chi connectivity index (χ3v) is 3.90. The molecule has 3 aromatic rings. The van der Waals surface area contributed by atoms with E-state index in [4.69, 9.17) is 0 Å². The van der Waals surface area contributed by atoms with Gasteiger partial charge in [0.25, 0.3) is 0 Å². The number of rotatable bonds is 2. The molecule has 1 heterocycles. The highest BCUT2D eigenvalue weighted by atomic mass is 79.9. The maximum Gasteiger partial charge on any atom is 0.141 e. The van der Waals surface area contributed by atoms with E-state index in [9.17, 15) is 9.50 Å². The first kappa shape index (κ1) is 13.1. The molecule has 0 amide bonds. The highest BCUT2D eigenvalue weighted by Crippen LogP contribution is 2.31. The highest BCUT2D eigenvalue weighted by molar-refractivity contribution is 9.10. The number of aromatic nitrogens is 2. The Morgan fingerprint density at radius 2 is 2.05 bits per heavy atom. The van der Waals surface area contributed by atoms with E-state index in [1.54, 1.807) is 18.2 Å². The zero-order valence-electron chi connectivity index (χ0n) is 10.8. The normalized spacial score (nSPS) is 11.2. The van der Waals surface area contributed by atoms with Crippen LogP contribution in [0.3, 0.4) is 0 Å². The number of phenols is 1. The molecule has 1 aromatic heterocycles. The molecule has 0 unspecified atom stereocenters. The minimum atomic E-state index is -0.302. The average Bonchev–Trinajstić information content (AvgIpc) is 2.79. The van der Waals surface area contributed by atoms with Gasteiger partial charge in [-0.1, -0.05) is 0 Å². The Morgan fingerprint density at radius 1 is 1.25 bits per heavy atom. The fourth-order valence-electron chi connectivity index (χ4n) is 2.30. The molecule has 20 heavy (non-hydrogen) atoms. The standard InChI is InChI=1S/C15H12BrFN2O/c1-2-19-13-6-4-10(17)8-12(13)18-15(19)9-3-5-11(16)14(20)7-9/h3-8,20H,2H2,1H3. The molecule has 3 rings (SSSR count). The molecular formula is C15H12BrFN2O. The van der Waals surface area contributed by atoms with Crippen LogP contribution in [0.5, 0.6) is 5.75 Å². The number of halogens is 2. The van der Waals surface area contributed by atoms with Gasteiger partial charge in [-0.2, -0.15) is 0 Å². The maximum atomic E-state index is 13.3. The van der Waals surface area contributed by atoms with E-state index >= 15 is 0 Å². The third-order valence-electron chi connectivity index (χ3n) is 3.23. The van der Waals surface area contributed by atoms with Crippen molar-refractivity contribution in [1.29, 1.82) is 0 Å². The number of hydrogen-bond acceptors (Lipinski definition) is 2. The Morgan fingerprint density at radius 3 is 2.75 bits per heavy atom. The Balaban J connectivity index is 2.26. The topological polar surface area (TPSA) is 38.0 Å². The first-order valence-corrected chi connectivity index (χ1v) is 7.04. The summed E-state index contributed by atoms with van der Waals surface area (Å²) in [7, 11) is 0. The van der Waals surface area contributed by atoms with Crippen molar-refractivity contribution in [3.05, 3.63) is 46.7 Å². The van der Waals surface area contributed by atoms with Gasteiger partial charge in [0.2, 0.25) is 0 Å². The molecule has 2 aromatic carbocycles. The fraction of sp³-hybridized carbons (Fsp3) is 0.133. The van der Waals surface area contributed by atoms with Crippen LogP contribution in [0.2, 0.25) is 0 Å². The Bertz CT molecular complexity index is 798. The second kappa shape index (κ2) is 4.90. The van der Waals surface area contributed by atoms with Crippen LogP contribution < -0.4 is 0 Å². The van der Waals surface area contributed by atoms with Gasteiger partial charge in [-0.25, -0.2) is 9.37 Å². The molecule has 5 heteroatoms. The summed E-state index contributed by atoms with van der Waals surface area (Å²) < 4.78 is 15.9. The van der Waals surface area contributed by atoms with Crippen molar-refractivity contribution in [3.8, 4) is 17.1 Å². The Kier molecular flexibility index (Phi) is 3.22. The molecule has 0 radical (unpaired) electrons. The lowest BCUT2D eigenvalue weighted by Crippen LogP contribution is -1.97. The van der Waals surface area contributed by atoms with Crippen molar-refractivity contribution in [1.82, 2.24) is 9.55 Å². The lowest BCUT2D eigenvalue weighted by Gasteiger charge is -2.07. The number of nitrogens with zero attached hydrogens (tertiary/aromatic N) is 2. The minimum Gasteiger partial charge on any atom is -0.507 e. The molecule has 0 fully saturated rings. The molecule has 0 bridgehead atoms. The molecule has 0 saturated carbocycles. The Labute approximate surface area is 123 Å². The summed E-state index contributed by atoms with van der Waals surface area (Å²) in [5, 5.41) is 9.80. The van der Waals surface area contributed by atoms with Gasteiger partial charge in [0, 0.05) is 18.2 Å². The van der Waals surface area contributed by atoms with Gasteiger partial charge in [0.05, 0.1) is 15.5 Å². The molecule has 3 nitrogen and oxygen atoms in total. The van der Waals surface area contributed by atoms with Crippen molar-refractivity contribution in [3.63, 3.8) is 0 Å². The maximum absolute atomic E-state index is 13.3. The lowest BCUT2D eigenvalue weighted by atomic mass is 10.2. The van der Waals surface area contributed by atoms with Crippen LogP contribution in [0, 0.1) is 5.82 Å². The molecule has 102 valence electrons. The second-order valence-corrected chi connectivity index (χ2v) is 5.33. The minimum absolute atomic E-state index is 0.156. The van der Waals surface area contributed by atoms with Gasteiger partial charge in [0.1, 0.15) is 17.4 Å². The highest BCUT2D eigenvalue weighted by Gasteiger charge is 2.13. The molecule has 0 aliphatic carbocycles. The van der Waals surface area contributed by atoms with Crippen molar-refractivity contribution >= 4 is 27.0 Å². The number of aromatic hydroxyl groups is 1. The van der Waals surface area contributed by atoms with E-state index in [-0.39, 0.29) is 11.6 Å². The van der Waals surface area contributed by atoms with Crippen LogP contribution in [-0.4, -0.2) is 14.7 Å². The number of phenolic OH excluding ortho intramolecular Hbond substituents is 1. The van der Waals surface area contributed by atoms with Crippen molar-refractivity contribution in [2.45, 2.75) is 13.5 Å². The number of aryl methyl sites for hydroxylation is 1. The molecule has 1 N–H and O–H groups in total. The quantitative estimate of drug-likeness (QED) is 0.757. The summed E-state index contributed by atoms with van der Waals surface area (Å²) in [4.78, 5) is 4.48. The van der Waals surface area contributed by atoms with Crippen LogP contribution in [0.25, 0.3) is 22.4 Å². The van der Waals surface area contributed by atoms with Crippen LogP contribution in [0.1, 0.15) is 6.92 Å². The van der Waals surface area contributed by atoms with E-state index < -0.39 is 0 Å². The van der Waals surface area contributed by atoms with Gasteiger partial charge >= 0.3 is 0 Å². The summed E-state index contributed by atoms with van der Waals surface area (Å²) in [5.41, 5.74) is 2.29. The van der Waals surface area contributed by atoms with Gasteiger partial charge in [0.15, 0.2) is 0 Å². The summed E-state index contributed by atoms with van der Waals surface area (Å²) in [6.45, 7) is 2.72. The summed E-state index contributed by atoms with van der Waals surface area (Å²) in [6, 6.07) is 9.86. The van der Waals surface area contributed by atoms with Gasteiger partial charge < -0.3 is 9.67 Å². The van der Waals surface area contributed by atoms with E-state index in [1.165, 1.54) is 12.1 Å². The molecule has 0 aliphatic rings. The smallest absolute Gasteiger partial charge is 0.141 e. The van der Waals surface area contributed by atoms with Crippen LogP contribution in [0.15, 0.2) is 40.9 Å². The first-order valence-electron chi connectivity index (χ1n) is 6.25. The third kappa shape index (κ3) is 2.08. The van der Waals surface area contributed by atoms with Crippen LogP contribution in [-0.2, 0) is 6.54 Å². The monoisotopic (exact) mass is 334 g/mol. The van der Waals surface area contributed by atoms with Gasteiger partial charge in [-0.3, -0.25) is 0 Å². The van der Waals surface area contributed by atoms with E-state index in [0.717, 1.165) is 16.9 Å². The first-order chi connectivity index (χ1) is 9.60. The molecule has 0 aliphatic heterocycles. The lowest BCUT2D eigenvalue weighted by molar-refractivity contribution is 0.472. The van der Waals surface area contributed by atoms with Crippen LogP contribution in [0.4, 0.5) is 4.39 Å². The number of fused-ring (bicyclic) bond motifs is 1. The average molecular weight is 335 g/mol. The van der Waals surface area contributed by atoms with Crippen molar-refractivity contribution in [2.75, 3.05) is 0 Å². The second-order valence-electron chi connectivity index (χ2n) is 4.48. The fourth-order valence-corrected chi connectivity index (χ4v) is 2.54. The summed E-state index contributed by atoms with van der Waals surface area (Å²) >= 11 is 3.25. The molecular weight excluding hydrogens is 323 g/mol. The van der Waals surface area contributed by atoms with E-state index in [0.29, 0.717) is 16.5 Å².